The highest BCUT2D eigenvalue weighted by Gasteiger charge is 2.26. The van der Waals surface area contributed by atoms with Crippen LogP contribution in [-0.2, 0) is 14.6 Å². The summed E-state index contributed by atoms with van der Waals surface area (Å²) in [6.45, 7) is 2.85. The summed E-state index contributed by atoms with van der Waals surface area (Å²) in [4.78, 5) is 14.5. The van der Waals surface area contributed by atoms with Crippen molar-refractivity contribution in [2.45, 2.75) is 50.0 Å². The molecule has 0 bridgehead atoms. The van der Waals surface area contributed by atoms with Crippen LogP contribution in [0.3, 0.4) is 0 Å². The molecule has 116 valence electrons. The predicted octanol–water partition coefficient (Wildman–Crippen LogP) is 2.64. The van der Waals surface area contributed by atoms with Crippen LogP contribution in [0, 0.1) is 0 Å². The second-order valence-corrected chi connectivity index (χ2v) is 7.64. The van der Waals surface area contributed by atoms with Crippen molar-refractivity contribution in [3.63, 3.8) is 0 Å². The van der Waals surface area contributed by atoms with Gasteiger partial charge in [0.25, 0.3) is 0 Å². The third-order valence-corrected chi connectivity index (χ3v) is 5.84. The predicted molar refractivity (Wildman–Crippen MR) is 82.8 cm³/mol. The van der Waals surface area contributed by atoms with E-state index in [9.17, 15) is 13.2 Å². The van der Waals surface area contributed by atoms with Gasteiger partial charge in [0.15, 0.2) is 9.84 Å². The molecule has 0 aliphatic carbocycles. The second kappa shape index (κ2) is 7.07. The molecule has 0 aromatic heterocycles. The van der Waals surface area contributed by atoms with Crippen LogP contribution in [0.2, 0.25) is 0 Å². The molecule has 21 heavy (non-hydrogen) atoms. The van der Waals surface area contributed by atoms with E-state index in [1.807, 2.05) is 4.90 Å². The average Bonchev–Trinajstić information content (AvgIpc) is 2.53. The molecule has 4 nitrogen and oxygen atoms in total. The van der Waals surface area contributed by atoms with Gasteiger partial charge in [-0.25, -0.2) is 8.42 Å². The van der Waals surface area contributed by atoms with Crippen LogP contribution in [0.4, 0.5) is 0 Å². The highest BCUT2D eigenvalue weighted by atomic mass is 32.2. The zero-order chi connectivity index (χ0) is 15.3. The standard InChI is InChI=1S/C16H23NO3S/c1-2-14-8-6-7-12-17(14)16(18)11-13-21(19,20)15-9-4-3-5-10-15/h3-5,9-10,14H,2,6-8,11-13H2,1H3/t14-/m1/s1. The lowest BCUT2D eigenvalue weighted by Gasteiger charge is -2.35. The molecule has 0 N–H and O–H groups in total. The van der Waals surface area contributed by atoms with Crippen molar-refractivity contribution in [2.24, 2.45) is 0 Å². The van der Waals surface area contributed by atoms with Crippen molar-refractivity contribution in [1.82, 2.24) is 4.90 Å². The largest absolute Gasteiger partial charge is 0.340 e. The molecular weight excluding hydrogens is 286 g/mol. The average molecular weight is 309 g/mol. The van der Waals surface area contributed by atoms with Crippen LogP contribution in [0.25, 0.3) is 0 Å². The Bertz CT molecular complexity index is 568. The van der Waals surface area contributed by atoms with Crippen LogP contribution >= 0.6 is 0 Å². The molecule has 1 aromatic carbocycles. The van der Waals surface area contributed by atoms with Crippen LogP contribution < -0.4 is 0 Å². The lowest BCUT2D eigenvalue weighted by atomic mass is 10.00. The van der Waals surface area contributed by atoms with Gasteiger partial charge >= 0.3 is 0 Å². The maximum Gasteiger partial charge on any atom is 0.223 e. The van der Waals surface area contributed by atoms with Crippen molar-refractivity contribution in [3.8, 4) is 0 Å². The summed E-state index contributed by atoms with van der Waals surface area (Å²) in [6, 6.07) is 8.62. The van der Waals surface area contributed by atoms with E-state index in [4.69, 9.17) is 0 Å². The first-order valence-electron chi connectivity index (χ1n) is 7.62. The van der Waals surface area contributed by atoms with Crippen LogP contribution in [0.5, 0.6) is 0 Å². The van der Waals surface area contributed by atoms with E-state index in [-0.39, 0.29) is 24.1 Å². The summed E-state index contributed by atoms with van der Waals surface area (Å²) >= 11 is 0. The van der Waals surface area contributed by atoms with Crippen molar-refractivity contribution >= 4 is 15.7 Å². The van der Waals surface area contributed by atoms with E-state index in [0.29, 0.717) is 4.90 Å². The van der Waals surface area contributed by atoms with Crippen LogP contribution in [0.1, 0.15) is 39.0 Å². The van der Waals surface area contributed by atoms with E-state index in [0.717, 1.165) is 32.2 Å². The number of sulfone groups is 1. The summed E-state index contributed by atoms with van der Waals surface area (Å²) in [5, 5.41) is 0. The molecule has 0 saturated carbocycles. The van der Waals surface area contributed by atoms with Crippen molar-refractivity contribution in [3.05, 3.63) is 30.3 Å². The molecule has 0 radical (unpaired) electrons. The van der Waals surface area contributed by atoms with Gasteiger partial charge in [0.1, 0.15) is 0 Å². The van der Waals surface area contributed by atoms with Gasteiger partial charge in [-0.1, -0.05) is 25.1 Å². The number of rotatable bonds is 5. The normalized spacial score (nSPS) is 19.5. The summed E-state index contributed by atoms with van der Waals surface area (Å²) in [5.41, 5.74) is 0. The van der Waals surface area contributed by atoms with Gasteiger partial charge in [0.05, 0.1) is 10.6 Å². The fourth-order valence-corrected chi connectivity index (χ4v) is 4.12. The Morgan fingerprint density at radius 1 is 1.24 bits per heavy atom. The van der Waals surface area contributed by atoms with Crippen molar-refractivity contribution in [2.75, 3.05) is 12.3 Å². The van der Waals surface area contributed by atoms with Crippen LogP contribution in [-0.4, -0.2) is 37.6 Å². The molecule has 2 rings (SSSR count). The highest BCUT2D eigenvalue weighted by Crippen LogP contribution is 2.21. The Labute approximate surface area is 127 Å². The third kappa shape index (κ3) is 4.06. The Hall–Kier alpha value is -1.36. The number of amides is 1. The van der Waals surface area contributed by atoms with Gasteiger partial charge < -0.3 is 4.90 Å². The fraction of sp³-hybridized carbons (Fsp3) is 0.562. The minimum absolute atomic E-state index is 0.0268. The molecule has 1 heterocycles. The Kier molecular flexibility index (Phi) is 5.39. The molecule has 1 saturated heterocycles. The van der Waals surface area contributed by atoms with Gasteiger partial charge in [-0.3, -0.25) is 4.79 Å². The van der Waals surface area contributed by atoms with E-state index in [1.54, 1.807) is 30.3 Å². The summed E-state index contributed by atoms with van der Waals surface area (Å²) in [7, 11) is -3.37. The number of hydrogen-bond donors (Lipinski definition) is 0. The highest BCUT2D eigenvalue weighted by molar-refractivity contribution is 7.91. The van der Waals surface area contributed by atoms with E-state index in [2.05, 4.69) is 6.92 Å². The number of likely N-dealkylation sites (tertiary alicyclic amines) is 1. The number of piperidine rings is 1. The molecule has 1 fully saturated rings. The van der Waals surface area contributed by atoms with Gasteiger partial charge in [0.2, 0.25) is 5.91 Å². The van der Waals surface area contributed by atoms with E-state index in [1.165, 1.54) is 0 Å². The molecule has 1 aromatic rings. The minimum Gasteiger partial charge on any atom is -0.340 e. The number of carbonyl (C=O) groups is 1. The molecule has 1 aliphatic heterocycles. The Balaban J connectivity index is 1.97. The first-order valence-corrected chi connectivity index (χ1v) is 9.27. The van der Waals surface area contributed by atoms with Gasteiger partial charge in [-0.05, 0) is 37.8 Å². The summed E-state index contributed by atoms with van der Waals surface area (Å²) in [5.74, 6) is -0.135. The maximum atomic E-state index is 12.3. The second-order valence-electron chi connectivity index (χ2n) is 5.53. The monoisotopic (exact) mass is 309 g/mol. The van der Waals surface area contributed by atoms with Crippen LogP contribution in [0.15, 0.2) is 35.2 Å². The maximum absolute atomic E-state index is 12.3. The van der Waals surface area contributed by atoms with Gasteiger partial charge in [-0.2, -0.15) is 0 Å². The summed E-state index contributed by atoms with van der Waals surface area (Å²) in [6.07, 6.45) is 4.23. The van der Waals surface area contributed by atoms with E-state index >= 15 is 0 Å². The van der Waals surface area contributed by atoms with Gasteiger partial charge in [-0.15, -0.1) is 0 Å². The molecule has 1 atom stereocenters. The lowest BCUT2D eigenvalue weighted by Crippen LogP contribution is -2.43. The number of hydrogen-bond acceptors (Lipinski definition) is 3. The van der Waals surface area contributed by atoms with Gasteiger partial charge in [0, 0.05) is 19.0 Å². The first-order chi connectivity index (χ1) is 10.0. The molecule has 0 spiro atoms. The first kappa shape index (κ1) is 16.0. The fourth-order valence-electron chi connectivity index (χ4n) is 2.86. The van der Waals surface area contributed by atoms with E-state index < -0.39 is 9.84 Å². The number of carbonyl (C=O) groups excluding carboxylic acids is 1. The molecular formula is C16H23NO3S. The number of nitrogens with zero attached hydrogens (tertiary/aromatic N) is 1. The Morgan fingerprint density at radius 3 is 2.62 bits per heavy atom. The number of benzene rings is 1. The third-order valence-electron chi connectivity index (χ3n) is 4.11. The molecule has 0 unspecified atom stereocenters. The topological polar surface area (TPSA) is 54.5 Å². The zero-order valence-corrected chi connectivity index (χ0v) is 13.3. The smallest absolute Gasteiger partial charge is 0.223 e. The zero-order valence-electron chi connectivity index (χ0n) is 12.5. The SMILES string of the molecule is CC[C@@H]1CCCCN1C(=O)CCS(=O)(=O)c1ccccc1. The molecule has 1 aliphatic rings. The quantitative estimate of drug-likeness (QED) is 0.840. The minimum atomic E-state index is -3.37. The molecule has 1 amide bonds. The van der Waals surface area contributed by atoms with Crippen molar-refractivity contribution in [1.29, 1.82) is 0 Å². The molecule has 5 heteroatoms. The van der Waals surface area contributed by atoms with Crippen molar-refractivity contribution < 1.29 is 13.2 Å². The summed E-state index contributed by atoms with van der Waals surface area (Å²) < 4.78 is 24.4. The Morgan fingerprint density at radius 2 is 1.95 bits per heavy atom. The lowest BCUT2D eigenvalue weighted by molar-refractivity contribution is -0.134.